The average Bonchev–Trinajstić information content (AvgIpc) is 2.78. The molecule has 21 heavy (non-hydrogen) atoms. The van der Waals surface area contributed by atoms with Crippen LogP contribution < -0.4 is 10.0 Å². The molecular formula is C13H14BrClN2O2S2. The Morgan fingerprint density at radius 2 is 1.95 bits per heavy atom. The zero-order valence-electron chi connectivity index (χ0n) is 11.2. The fourth-order valence-electron chi connectivity index (χ4n) is 1.62. The predicted octanol–water partition coefficient (Wildman–Crippen LogP) is 4.07. The molecule has 2 rings (SSSR count). The van der Waals surface area contributed by atoms with Gasteiger partial charge in [0.05, 0.1) is 8.81 Å². The van der Waals surface area contributed by atoms with E-state index >= 15 is 0 Å². The zero-order chi connectivity index (χ0) is 15.5. The fourth-order valence-corrected chi connectivity index (χ4v) is 5.08. The molecule has 1 aromatic carbocycles. The van der Waals surface area contributed by atoms with E-state index in [9.17, 15) is 8.42 Å². The zero-order valence-corrected chi connectivity index (χ0v) is 15.2. The first-order valence-corrected chi connectivity index (χ1v) is 9.66. The van der Waals surface area contributed by atoms with Gasteiger partial charge in [-0.15, -0.1) is 11.3 Å². The summed E-state index contributed by atoms with van der Waals surface area (Å²) in [7, 11) is -3.61. The first-order valence-electron chi connectivity index (χ1n) is 6.19. The lowest BCUT2D eigenvalue weighted by atomic mass is 10.2. The third kappa shape index (κ3) is 4.43. The summed E-state index contributed by atoms with van der Waals surface area (Å²) in [6.45, 7) is 3.69. The minimum atomic E-state index is -3.61. The van der Waals surface area contributed by atoms with E-state index in [1.54, 1.807) is 12.1 Å². The summed E-state index contributed by atoms with van der Waals surface area (Å²) in [5, 5.41) is 3.60. The average molecular weight is 410 g/mol. The van der Waals surface area contributed by atoms with Crippen LogP contribution >= 0.6 is 38.9 Å². The first-order chi connectivity index (χ1) is 9.92. The van der Waals surface area contributed by atoms with Gasteiger partial charge in [0.25, 0.3) is 10.0 Å². The van der Waals surface area contributed by atoms with Crippen LogP contribution in [-0.4, -0.2) is 15.0 Å². The molecule has 0 aliphatic rings. The van der Waals surface area contributed by atoms with Crippen molar-refractivity contribution in [1.82, 2.24) is 5.32 Å². The summed E-state index contributed by atoms with van der Waals surface area (Å²) < 4.78 is 27.8. The molecule has 2 N–H and O–H groups in total. The Balaban J connectivity index is 2.13. The molecule has 0 saturated heterocycles. The Morgan fingerprint density at radius 1 is 1.29 bits per heavy atom. The number of halogens is 2. The minimum absolute atomic E-state index is 0.177. The van der Waals surface area contributed by atoms with Crippen molar-refractivity contribution in [2.45, 2.75) is 17.7 Å². The third-order valence-corrected chi connectivity index (χ3v) is 7.00. The normalized spacial score (nSPS) is 11.6. The van der Waals surface area contributed by atoms with Crippen molar-refractivity contribution in [2.75, 3.05) is 11.3 Å². The molecule has 0 atom stereocenters. The standard InChI is InChI=1S/C13H14BrClN2O2S2/c1-2-16-8-9-3-5-10(6-4-9)17-21(18,19)12-7-11(15)13(14)20-12/h3-7,16-17H,2,8H2,1H3. The summed E-state index contributed by atoms with van der Waals surface area (Å²) in [6, 6.07) is 8.69. The summed E-state index contributed by atoms with van der Waals surface area (Å²) in [4.78, 5) is 0. The van der Waals surface area contributed by atoms with Gasteiger partial charge in [0.1, 0.15) is 4.21 Å². The molecule has 0 amide bonds. The van der Waals surface area contributed by atoms with Crippen LogP contribution in [0.5, 0.6) is 0 Å². The van der Waals surface area contributed by atoms with Gasteiger partial charge in [-0.3, -0.25) is 4.72 Å². The SMILES string of the molecule is CCNCc1ccc(NS(=O)(=O)c2cc(Cl)c(Br)s2)cc1. The van der Waals surface area contributed by atoms with Gasteiger partial charge in [-0.2, -0.15) is 0 Å². The molecule has 0 bridgehead atoms. The second-order valence-corrected chi connectivity index (χ2v) is 8.96. The number of benzene rings is 1. The molecule has 0 saturated carbocycles. The largest absolute Gasteiger partial charge is 0.313 e. The molecule has 0 spiro atoms. The monoisotopic (exact) mass is 408 g/mol. The molecule has 2 aromatic rings. The Bertz CT molecular complexity index is 695. The van der Waals surface area contributed by atoms with Crippen molar-refractivity contribution < 1.29 is 8.42 Å². The summed E-state index contributed by atoms with van der Waals surface area (Å²) in [5.74, 6) is 0. The van der Waals surface area contributed by atoms with Crippen molar-refractivity contribution >= 4 is 54.6 Å². The Kier molecular flexibility index (Phi) is 5.67. The molecule has 0 radical (unpaired) electrons. The number of rotatable bonds is 6. The van der Waals surface area contributed by atoms with Gasteiger partial charge in [0, 0.05) is 12.2 Å². The van der Waals surface area contributed by atoms with Crippen LogP contribution in [-0.2, 0) is 16.6 Å². The van der Waals surface area contributed by atoms with Gasteiger partial charge >= 0.3 is 0 Å². The second-order valence-electron chi connectivity index (χ2n) is 4.27. The number of thiophene rings is 1. The Labute approximate surface area is 141 Å². The number of hydrogen-bond donors (Lipinski definition) is 2. The van der Waals surface area contributed by atoms with Crippen molar-refractivity contribution in [2.24, 2.45) is 0 Å². The molecule has 114 valence electrons. The molecule has 1 heterocycles. The molecule has 4 nitrogen and oxygen atoms in total. The van der Waals surface area contributed by atoms with Crippen LogP contribution in [0, 0.1) is 0 Å². The number of nitrogens with one attached hydrogen (secondary N) is 2. The maximum Gasteiger partial charge on any atom is 0.271 e. The molecule has 0 aliphatic heterocycles. The molecule has 0 fully saturated rings. The molecule has 0 aliphatic carbocycles. The van der Waals surface area contributed by atoms with Gasteiger partial charge in [0.15, 0.2) is 0 Å². The van der Waals surface area contributed by atoms with Crippen LogP contribution in [0.4, 0.5) is 5.69 Å². The maximum absolute atomic E-state index is 12.2. The van der Waals surface area contributed by atoms with Gasteiger partial charge in [0.2, 0.25) is 0 Å². The van der Waals surface area contributed by atoms with Gasteiger partial charge < -0.3 is 5.32 Å². The summed E-state index contributed by atoms with van der Waals surface area (Å²) >= 11 is 10.2. The highest BCUT2D eigenvalue weighted by Crippen LogP contribution is 2.35. The lowest BCUT2D eigenvalue weighted by Crippen LogP contribution is -2.13. The van der Waals surface area contributed by atoms with Gasteiger partial charge in [-0.05, 0) is 46.2 Å². The van der Waals surface area contributed by atoms with Crippen LogP contribution in [0.2, 0.25) is 5.02 Å². The van der Waals surface area contributed by atoms with Crippen LogP contribution in [0.1, 0.15) is 12.5 Å². The molecule has 0 unspecified atom stereocenters. The van der Waals surface area contributed by atoms with Crippen LogP contribution in [0.15, 0.2) is 38.3 Å². The quantitative estimate of drug-likeness (QED) is 0.756. The highest BCUT2D eigenvalue weighted by Gasteiger charge is 2.19. The fraction of sp³-hybridized carbons (Fsp3) is 0.231. The van der Waals surface area contributed by atoms with E-state index in [2.05, 4.69) is 26.0 Å². The van der Waals surface area contributed by atoms with Crippen LogP contribution in [0.25, 0.3) is 0 Å². The maximum atomic E-state index is 12.2. The number of sulfonamides is 1. The van der Waals surface area contributed by atoms with Gasteiger partial charge in [-0.25, -0.2) is 8.42 Å². The summed E-state index contributed by atoms with van der Waals surface area (Å²) in [6.07, 6.45) is 0. The molecular weight excluding hydrogens is 396 g/mol. The molecule has 1 aromatic heterocycles. The third-order valence-electron chi connectivity index (χ3n) is 2.67. The van der Waals surface area contributed by atoms with E-state index in [-0.39, 0.29) is 4.21 Å². The van der Waals surface area contributed by atoms with E-state index in [0.717, 1.165) is 30.0 Å². The first kappa shape index (κ1) is 16.8. The van der Waals surface area contributed by atoms with Crippen molar-refractivity contribution in [3.63, 3.8) is 0 Å². The van der Waals surface area contributed by atoms with Crippen molar-refractivity contribution in [3.8, 4) is 0 Å². The van der Waals surface area contributed by atoms with Gasteiger partial charge in [-0.1, -0.05) is 30.7 Å². The van der Waals surface area contributed by atoms with E-state index in [0.29, 0.717) is 14.5 Å². The smallest absolute Gasteiger partial charge is 0.271 e. The Hall–Kier alpha value is -0.600. The van der Waals surface area contributed by atoms with E-state index in [1.807, 2.05) is 19.1 Å². The predicted molar refractivity (Wildman–Crippen MR) is 91.7 cm³/mol. The van der Waals surface area contributed by atoms with Crippen molar-refractivity contribution in [1.29, 1.82) is 0 Å². The lowest BCUT2D eigenvalue weighted by Gasteiger charge is -2.07. The number of anilines is 1. The highest BCUT2D eigenvalue weighted by atomic mass is 79.9. The van der Waals surface area contributed by atoms with E-state index in [4.69, 9.17) is 11.6 Å². The summed E-state index contributed by atoms with van der Waals surface area (Å²) in [5.41, 5.74) is 1.62. The van der Waals surface area contributed by atoms with E-state index in [1.165, 1.54) is 6.07 Å². The highest BCUT2D eigenvalue weighted by molar-refractivity contribution is 9.11. The topological polar surface area (TPSA) is 58.2 Å². The lowest BCUT2D eigenvalue weighted by molar-refractivity contribution is 0.603. The number of hydrogen-bond acceptors (Lipinski definition) is 4. The molecule has 8 heteroatoms. The van der Waals surface area contributed by atoms with E-state index < -0.39 is 10.0 Å². The minimum Gasteiger partial charge on any atom is -0.313 e. The Morgan fingerprint density at radius 3 is 2.48 bits per heavy atom. The van der Waals surface area contributed by atoms with Crippen LogP contribution in [0.3, 0.4) is 0 Å². The van der Waals surface area contributed by atoms with Crippen molar-refractivity contribution in [3.05, 3.63) is 44.7 Å². The second kappa shape index (κ2) is 7.11.